The Morgan fingerprint density at radius 3 is 2.82 bits per heavy atom. The lowest BCUT2D eigenvalue weighted by Crippen LogP contribution is -2.09. The molecule has 2 aromatic carbocycles. The fourth-order valence-corrected chi connectivity index (χ4v) is 4.72. The van der Waals surface area contributed by atoms with Crippen LogP contribution in [0.5, 0.6) is 5.75 Å². The summed E-state index contributed by atoms with van der Waals surface area (Å²) in [6, 6.07) is 16.0. The van der Waals surface area contributed by atoms with Crippen LogP contribution in [0, 0.1) is 17.1 Å². The van der Waals surface area contributed by atoms with Gasteiger partial charge in [0, 0.05) is 34.9 Å². The molecule has 3 heterocycles. The van der Waals surface area contributed by atoms with E-state index >= 15 is 0 Å². The quantitative estimate of drug-likeness (QED) is 0.439. The summed E-state index contributed by atoms with van der Waals surface area (Å²) < 4.78 is 21.6. The first-order valence-corrected chi connectivity index (χ1v) is 11.2. The van der Waals surface area contributed by atoms with Gasteiger partial charge in [-0.2, -0.15) is 10.4 Å². The first-order chi connectivity index (χ1) is 16.5. The maximum atomic E-state index is 13.9. The molecule has 0 bridgehead atoms. The Morgan fingerprint density at radius 2 is 2.03 bits per heavy atom. The van der Waals surface area contributed by atoms with Gasteiger partial charge in [0.25, 0.3) is 0 Å². The van der Waals surface area contributed by atoms with E-state index in [1.807, 2.05) is 30.3 Å². The number of halogens is 1. The molecule has 2 aliphatic rings. The van der Waals surface area contributed by atoms with Gasteiger partial charge in [-0.15, -0.1) is 0 Å². The summed E-state index contributed by atoms with van der Waals surface area (Å²) in [5.41, 5.74) is 6.51. The Morgan fingerprint density at radius 1 is 1.21 bits per heavy atom. The number of nitriles is 1. The van der Waals surface area contributed by atoms with Crippen LogP contribution >= 0.6 is 0 Å². The number of hydrogen-bond acceptors (Lipinski definition) is 5. The third-order valence-corrected chi connectivity index (χ3v) is 6.53. The number of fused-ring (bicyclic) bond motifs is 3. The van der Waals surface area contributed by atoms with Crippen LogP contribution < -0.4 is 4.74 Å². The maximum Gasteiger partial charge on any atom is 0.154 e. The lowest BCUT2D eigenvalue weighted by molar-refractivity contribution is 0.211. The molecule has 1 unspecified atom stereocenters. The minimum atomic E-state index is -0.932. The Labute approximate surface area is 195 Å². The van der Waals surface area contributed by atoms with Crippen molar-refractivity contribution in [3.63, 3.8) is 0 Å². The van der Waals surface area contributed by atoms with Crippen molar-refractivity contribution < 1.29 is 14.2 Å². The van der Waals surface area contributed by atoms with E-state index in [4.69, 9.17) is 9.72 Å². The van der Waals surface area contributed by atoms with Crippen molar-refractivity contribution in [2.75, 3.05) is 0 Å². The smallest absolute Gasteiger partial charge is 0.154 e. The molecule has 6 rings (SSSR count). The van der Waals surface area contributed by atoms with Gasteiger partial charge in [0.05, 0.1) is 17.5 Å². The summed E-state index contributed by atoms with van der Waals surface area (Å²) in [4.78, 5) is 4.74. The topological polar surface area (TPSA) is 83.4 Å². The van der Waals surface area contributed by atoms with Gasteiger partial charge in [-0.05, 0) is 66.8 Å². The summed E-state index contributed by atoms with van der Waals surface area (Å²) in [5, 5.41) is 25.6. The fraction of sp³-hybridized carbons (Fsp3) is 0.222. The highest BCUT2D eigenvalue weighted by atomic mass is 19.1. The van der Waals surface area contributed by atoms with Gasteiger partial charge < -0.3 is 9.84 Å². The second-order valence-electron chi connectivity index (χ2n) is 8.81. The van der Waals surface area contributed by atoms with Gasteiger partial charge >= 0.3 is 0 Å². The van der Waals surface area contributed by atoms with E-state index in [-0.39, 0.29) is 6.61 Å². The molecule has 7 heteroatoms. The fourth-order valence-electron chi connectivity index (χ4n) is 4.72. The Bertz CT molecular complexity index is 1530. The summed E-state index contributed by atoms with van der Waals surface area (Å²) in [6.45, 7) is 1.93. The number of imidazole rings is 1. The van der Waals surface area contributed by atoms with Crippen molar-refractivity contribution in [2.45, 2.75) is 38.4 Å². The number of aliphatic hydroxyl groups is 1. The molecule has 0 spiro atoms. The van der Waals surface area contributed by atoms with Crippen LogP contribution in [-0.4, -0.2) is 19.7 Å². The van der Waals surface area contributed by atoms with Crippen LogP contribution in [0.1, 0.15) is 65.4 Å². The van der Waals surface area contributed by atoms with E-state index in [1.165, 1.54) is 12.1 Å². The highest BCUT2D eigenvalue weighted by molar-refractivity contribution is 5.88. The number of aliphatic hydroxyl groups excluding tert-OH is 1. The molecular weight excluding hydrogens is 431 g/mol. The zero-order valence-electron chi connectivity index (χ0n) is 18.5. The van der Waals surface area contributed by atoms with Crippen molar-refractivity contribution >= 4 is 11.2 Å². The highest BCUT2D eigenvalue weighted by Gasteiger charge is 2.34. The molecule has 1 aliphatic carbocycles. The molecule has 0 amide bonds. The van der Waals surface area contributed by atoms with E-state index in [0.29, 0.717) is 45.3 Å². The van der Waals surface area contributed by atoms with Gasteiger partial charge in [0.2, 0.25) is 0 Å². The largest absolute Gasteiger partial charge is 0.488 e. The highest BCUT2D eigenvalue weighted by Crippen LogP contribution is 2.44. The van der Waals surface area contributed by atoms with Crippen molar-refractivity contribution in [3.8, 4) is 11.8 Å². The summed E-state index contributed by atoms with van der Waals surface area (Å²) in [7, 11) is 0. The molecule has 4 aromatic rings. The summed E-state index contributed by atoms with van der Waals surface area (Å²) >= 11 is 0. The second-order valence-corrected chi connectivity index (χ2v) is 8.81. The normalized spacial score (nSPS) is 17.2. The predicted molar refractivity (Wildman–Crippen MR) is 124 cm³/mol. The molecule has 168 valence electrons. The van der Waals surface area contributed by atoms with Crippen LogP contribution in [-0.2, 0) is 6.61 Å². The van der Waals surface area contributed by atoms with Crippen LogP contribution in [0.4, 0.5) is 4.39 Å². The van der Waals surface area contributed by atoms with Gasteiger partial charge in [0.15, 0.2) is 5.65 Å². The van der Waals surface area contributed by atoms with E-state index in [9.17, 15) is 14.8 Å². The summed E-state index contributed by atoms with van der Waals surface area (Å²) in [5.74, 6) is 0.333. The molecule has 0 radical (unpaired) electrons. The molecule has 2 aromatic heterocycles. The number of allylic oxidation sites excluding steroid dienone is 1. The van der Waals surface area contributed by atoms with Gasteiger partial charge in [0.1, 0.15) is 24.3 Å². The van der Waals surface area contributed by atoms with Crippen LogP contribution in [0.15, 0.2) is 60.3 Å². The Kier molecular flexibility index (Phi) is 4.71. The number of aromatic nitrogens is 3. The molecule has 1 atom stereocenters. The van der Waals surface area contributed by atoms with E-state index in [0.717, 1.165) is 29.7 Å². The lowest BCUT2D eigenvalue weighted by Gasteiger charge is -2.16. The molecule has 0 saturated heterocycles. The maximum absolute atomic E-state index is 13.9. The molecule has 34 heavy (non-hydrogen) atoms. The minimum Gasteiger partial charge on any atom is -0.488 e. The average Bonchev–Trinajstić information content (AvgIpc) is 3.65. The third-order valence-electron chi connectivity index (χ3n) is 6.53. The molecule has 1 N–H and O–H groups in total. The zero-order chi connectivity index (χ0) is 23.4. The second kappa shape index (κ2) is 7.79. The van der Waals surface area contributed by atoms with E-state index in [1.54, 1.807) is 23.7 Å². The number of nitrogens with zero attached hydrogens (tertiary/aromatic N) is 4. The molecule has 1 aliphatic heterocycles. The van der Waals surface area contributed by atoms with Crippen molar-refractivity contribution in [1.82, 2.24) is 14.6 Å². The molecule has 1 fully saturated rings. The standard InChI is InChI=1S/C27H21FN4O2/c1-15(13-29)24-20-8-6-17(11-18(20)14-34-22-12-19(28)7-9-21(22)24)27(33)26-25(16-4-5-16)31-23-3-2-10-30-32(23)26/h2-3,6-12,16,27,33H,4-5,14H2,1H3/b24-15+. The Balaban J connectivity index is 1.48. The van der Waals surface area contributed by atoms with Crippen LogP contribution in [0.3, 0.4) is 0 Å². The zero-order valence-corrected chi connectivity index (χ0v) is 18.5. The van der Waals surface area contributed by atoms with Gasteiger partial charge in [-0.1, -0.05) is 12.1 Å². The third kappa shape index (κ3) is 3.27. The molecule has 6 nitrogen and oxygen atoms in total. The van der Waals surface area contributed by atoms with Crippen LogP contribution in [0.2, 0.25) is 0 Å². The number of rotatable bonds is 3. The van der Waals surface area contributed by atoms with Crippen molar-refractivity contribution in [2.24, 2.45) is 0 Å². The van der Waals surface area contributed by atoms with Gasteiger partial charge in [-0.25, -0.2) is 13.9 Å². The average molecular weight is 452 g/mol. The van der Waals surface area contributed by atoms with Crippen LogP contribution in [0.25, 0.3) is 11.2 Å². The number of benzene rings is 2. The number of ether oxygens (including phenoxy) is 1. The van der Waals surface area contributed by atoms with E-state index in [2.05, 4.69) is 11.2 Å². The molecular formula is C27H21FN4O2. The summed E-state index contributed by atoms with van der Waals surface area (Å²) in [6.07, 6.45) is 2.86. The predicted octanol–water partition coefficient (Wildman–Crippen LogP) is 5.07. The molecule has 1 saturated carbocycles. The first-order valence-electron chi connectivity index (χ1n) is 11.2. The number of hydrogen-bond donors (Lipinski definition) is 1. The lowest BCUT2D eigenvalue weighted by atomic mass is 9.89. The first kappa shape index (κ1) is 20.6. The Hall–Kier alpha value is -4.02. The van der Waals surface area contributed by atoms with Crippen molar-refractivity contribution in [1.29, 1.82) is 5.26 Å². The van der Waals surface area contributed by atoms with Crippen molar-refractivity contribution in [3.05, 3.63) is 99.8 Å². The monoisotopic (exact) mass is 452 g/mol. The minimum absolute atomic E-state index is 0.190. The van der Waals surface area contributed by atoms with Gasteiger partial charge in [-0.3, -0.25) is 0 Å². The SMILES string of the molecule is C/C(C#N)=C1/c2ccc(C(O)c3c(C4CC4)nc4cccnn34)cc2COc2cc(F)ccc21. The van der Waals surface area contributed by atoms with E-state index < -0.39 is 11.9 Å².